The van der Waals surface area contributed by atoms with Crippen molar-refractivity contribution in [3.05, 3.63) is 52.7 Å². The fourth-order valence-electron chi connectivity index (χ4n) is 1.79. The lowest BCUT2D eigenvalue weighted by Crippen LogP contribution is -2.25. The number of carbonyl (C=O) groups excluding carboxylic acids is 1. The monoisotopic (exact) mass is 262 g/mol. The van der Waals surface area contributed by atoms with Gasteiger partial charge in [0.2, 0.25) is 5.91 Å². The predicted molar refractivity (Wildman–Crippen MR) is 67.9 cm³/mol. The lowest BCUT2D eigenvalue weighted by Gasteiger charge is -2.05. The van der Waals surface area contributed by atoms with Crippen LogP contribution >= 0.6 is 0 Å². The van der Waals surface area contributed by atoms with E-state index in [4.69, 9.17) is 4.52 Å². The molecule has 4 nitrogen and oxygen atoms in total. The number of carbonyl (C=O) groups is 1. The van der Waals surface area contributed by atoms with E-state index in [1.165, 1.54) is 12.1 Å². The van der Waals surface area contributed by atoms with E-state index in [-0.39, 0.29) is 18.1 Å². The number of nitrogens with zero attached hydrogens (tertiary/aromatic N) is 1. The first kappa shape index (κ1) is 13.3. The summed E-state index contributed by atoms with van der Waals surface area (Å²) in [5.41, 5.74) is 2.45. The van der Waals surface area contributed by atoms with Crippen molar-refractivity contribution in [3.8, 4) is 0 Å². The van der Waals surface area contributed by atoms with Gasteiger partial charge in [-0.05, 0) is 31.5 Å². The largest absolute Gasteiger partial charge is 0.361 e. The Morgan fingerprint density at radius 1 is 1.32 bits per heavy atom. The third-order valence-electron chi connectivity index (χ3n) is 2.92. The molecular weight excluding hydrogens is 247 g/mol. The van der Waals surface area contributed by atoms with Gasteiger partial charge in [0.1, 0.15) is 11.6 Å². The molecule has 5 heteroatoms. The zero-order valence-electron chi connectivity index (χ0n) is 10.9. The van der Waals surface area contributed by atoms with E-state index in [0.29, 0.717) is 12.3 Å². The van der Waals surface area contributed by atoms with Gasteiger partial charge in [-0.2, -0.15) is 0 Å². The minimum atomic E-state index is -0.306. The van der Waals surface area contributed by atoms with E-state index >= 15 is 0 Å². The molecule has 0 unspecified atom stereocenters. The molecule has 0 aliphatic carbocycles. The maximum absolute atomic E-state index is 12.7. The van der Waals surface area contributed by atoms with Crippen molar-refractivity contribution in [1.82, 2.24) is 10.5 Å². The third-order valence-corrected chi connectivity index (χ3v) is 2.92. The zero-order chi connectivity index (χ0) is 13.8. The Balaban J connectivity index is 1.90. The smallest absolute Gasteiger partial charge is 0.224 e. The van der Waals surface area contributed by atoms with E-state index < -0.39 is 0 Å². The topological polar surface area (TPSA) is 55.1 Å². The highest BCUT2D eigenvalue weighted by molar-refractivity contribution is 5.78. The highest BCUT2D eigenvalue weighted by atomic mass is 19.1. The second-order valence-corrected chi connectivity index (χ2v) is 4.38. The Bertz CT molecular complexity index is 556. The van der Waals surface area contributed by atoms with Crippen molar-refractivity contribution in [2.75, 3.05) is 0 Å². The molecular formula is C14H15FN2O2. The van der Waals surface area contributed by atoms with Crippen LogP contribution in [0.3, 0.4) is 0 Å². The van der Waals surface area contributed by atoms with Crippen LogP contribution in [0.1, 0.15) is 22.6 Å². The molecule has 19 heavy (non-hydrogen) atoms. The lowest BCUT2D eigenvalue weighted by molar-refractivity contribution is -0.120. The molecule has 1 N–H and O–H groups in total. The van der Waals surface area contributed by atoms with Crippen LogP contribution in [0.15, 0.2) is 28.8 Å². The summed E-state index contributed by atoms with van der Waals surface area (Å²) in [5.74, 6) is 0.283. The van der Waals surface area contributed by atoms with E-state index in [2.05, 4.69) is 10.5 Å². The van der Waals surface area contributed by atoms with Gasteiger partial charge in [-0.1, -0.05) is 17.3 Å². The summed E-state index contributed by atoms with van der Waals surface area (Å²) < 4.78 is 17.7. The summed E-state index contributed by atoms with van der Waals surface area (Å²) in [5, 5.41) is 6.62. The number of hydrogen-bond donors (Lipinski definition) is 1. The molecule has 100 valence electrons. The van der Waals surface area contributed by atoms with Crippen LogP contribution in [0.25, 0.3) is 0 Å². The number of aryl methyl sites for hydroxylation is 2. The van der Waals surface area contributed by atoms with Crippen molar-refractivity contribution in [2.45, 2.75) is 26.8 Å². The van der Waals surface area contributed by atoms with Gasteiger partial charge in [0.25, 0.3) is 0 Å². The summed E-state index contributed by atoms with van der Waals surface area (Å²) in [7, 11) is 0. The molecule has 1 amide bonds. The number of benzene rings is 1. The standard InChI is InChI=1S/C14H15FN2O2/c1-9-13(10(2)19-17-9)8-16-14(18)7-11-3-5-12(15)6-4-11/h3-6H,7-8H2,1-2H3,(H,16,18). The summed E-state index contributed by atoms with van der Waals surface area (Å²) in [6, 6.07) is 5.89. The van der Waals surface area contributed by atoms with Crippen LogP contribution in [0.5, 0.6) is 0 Å². The van der Waals surface area contributed by atoms with Crippen LogP contribution in [0.4, 0.5) is 4.39 Å². The van der Waals surface area contributed by atoms with Gasteiger partial charge >= 0.3 is 0 Å². The molecule has 1 aromatic heterocycles. The molecule has 0 aliphatic heterocycles. The van der Waals surface area contributed by atoms with E-state index in [1.807, 2.05) is 13.8 Å². The molecule has 0 aliphatic rings. The highest BCUT2D eigenvalue weighted by Gasteiger charge is 2.10. The molecule has 0 atom stereocenters. The average Bonchev–Trinajstić information content (AvgIpc) is 2.70. The summed E-state index contributed by atoms with van der Waals surface area (Å²) >= 11 is 0. The second kappa shape index (κ2) is 5.65. The van der Waals surface area contributed by atoms with Crippen molar-refractivity contribution in [1.29, 1.82) is 0 Å². The number of halogens is 1. The first-order valence-electron chi connectivity index (χ1n) is 5.99. The van der Waals surface area contributed by atoms with Gasteiger partial charge in [0, 0.05) is 12.1 Å². The number of aromatic nitrogens is 1. The summed E-state index contributed by atoms with van der Waals surface area (Å²) in [4.78, 5) is 11.8. The average molecular weight is 262 g/mol. The third kappa shape index (κ3) is 3.40. The maximum Gasteiger partial charge on any atom is 0.224 e. The van der Waals surface area contributed by atoms with Gasteiger partial charge in [0.15, 0.2) is 0 Å². The van der Waals surface area contributed by atoms with Crippen LogP contribution in [0.2, 0.25) is 0 Å². The van der Waals surface area contributed by atoms with Crippen molar-refractivity contribution in [2.24, 2.45) is 0 Å². The molecule has 0 bridgehead atoms. The Morgan fingerprint density at radius 2 is 2.00 bits per heavy atom. The first-order chi connectivity index (χ1) is 9.06. The van der Waals surface area contributed by atoms with Gasteiger partial charge in [-0.3, -0.25) is 4.79 Å². The van der Waals surface area contributed by atoms with Crippen LogP contribution in [0, 0.1) is 19.7 Å². The molecule has 0 saturated heterocycles. The van der Waals surface area contributed by atoms with Crippen LogP contribution < -0.4 is 5.32 Å². The maximum atomic E-state index is 12.7. The Morgan fingerprint density at radius 3 is 2.58 bits per heavy atom. The number of rotatable bonds is 4. The van der Waals surface area contributed by atoms with Crippen LogP contribution in [-0.4, -0.2) is 11.1 Å². The van der Waals surface area contributed by atoms with E-state index in [0.717, 1.165) is 16.8 Å². The Hall–Kier alpha value is -2.17. The first-order valence-corrected chi connectivity index (χ1v) is 5.99. The number of amides is 1. The van der Waals surface area contributed by atoms with Crippen molar-refractivity contribution >= 4 is 5.91 Å². The predicted octanol–water partition coefficient (Wildman–Crippen LogP) is 2.29. The van der Waals surface area contributed by atoms with Gasteiger partial charge in [0.05, 0.1) is 12.1 Å². The summed E-state index contributed by atoms with van der Waals surface area (Å²) in [6.07, 6.45) is 0.226. The fourth-order valence-corrected chi connectivity index (χ4v) is 1.79. The Kier molecular flexibility index (Phi) is 3.94. The van der Waals surface area contributed by atoms with E-state index in [1.54, 1.807) is 12.1 Å². The fraction of sp³-hybridized carbons (Fsp3) is 0.286. The molecule has 0 saturated carbocycles. The molecule has 1 aromatic carbocycles. The molecule has 0 radical (unpaired) electrons. The minimum absolute atomic E-state index is 0.119. The molecule has 2 rings (SSSR count). The molecule has 0 fully saturated rings. The quantitative estimate of drug-likeness (QED) is 0.919. The van der Waals surface area contributed by atoms with Crippen LogP contribution in [-0.2, 0) is 17.8 Å². The minimum Gasteiger partial charge on any atom is -0.361 e. The van der Waals surface area contributed by atoms with E-state index in [9.17, 15) is 9.18 Å². The second-order valence-electron chi connectivity index (χ2n) is 4.38. The Labute approximate surface area is 110 Å². The molecule has 1 heterocycles. The van der Waals surface area contributed by atoms with Gasteiger partial charge in [-0.15, -0.1) is 0 Å². The highest BCUT2D eigenvalue weighted by Crippen LogP contribution is 2.11. The molecule has 2 aromatic rings. The number of nitrogens with one attached hydrogen (secondary N) is 1. The SMILES string of the molecule is Cc1noc(C)c1CNC(=O)Cc1ccc(F)cc1. The van der Waals surface area contributed by atoms with Crippen molar-refractivity contribution < 1.29 is 13.7 Å². The molecule has 0 spiro atoms. The van der Waals surface area contributed by atoms with Gasteiger partial charge in [-0.25, -0.2) is 4.39 Å². The zero-order valence-corrected chi connectivity index (χ0v) is 10.9. The summed E-state index contributed by atoms with van der Waals surface area (Å²) in [6.45, 7) is 4.03. The van der Waals surface area contributed by atoms with Crippen molar-refractivity contribution in [3.63, 3.8) is 0 Å². The lowest BCUT2D eigenvalue weighted by atomic mass is 10.1. The normalized spacial score (nSPS) is 10.5. The number of hydrogen-bond acceptors (Lipinski definition) is 3. The van der Waals surface area contributed by atoms with Gasteiger partial charge < -0.3 is 9.84 Å².